The topological polar surface area (TPSA) is 54.0 Å². The second-order valence-corrected chi connectivity index (χ2v) is 7.43. The number of carbonyl (C=O) groups is 1. The standard InChI is InChI=1S/C16H18Cl2FN3O3S/c17-14(18)15(26)20-8-11-9-22(16(23)25-11)10-1-2-13(12(19)7-10)21-3-5-24-6-4-21/h1-2,7,11,14H,3-6,8-9H2,(H,20,26)/t11-/m0/s1. The quantitative estimate of drug-likeness (QED) is 0.582. The zero-order valence-electron chi connectivity index (χ0n) is 13.8. The van der Waals surface area contributed by atoms with E-state index in [9.17, 15) is 9.18 Å². The van der Waals surface area contributed by atoms with Crippen molar-refractivity contribution in [3.63, 3.8) is 0 Å². The Kier molecular flexibility index (Phi) is 6.39. The van der Waals surface area contributed by atoms with Gasteiger partial charge >= 0.3 is 6.09 Å². The first-order valence-corrected chi connectivity index (χ1v) is 9.40. The molecule has 0 unspecified atom stereocenters. The van der Waals surface area contributed by atoms with E-state index in [-0.39, 0.29) is 23.9 Å². The highest BCUT2D eigenvalue weighted by atomic mass is 35.5. The van der Waals surface area contributed by atoms with Crippen LogP contribution < -0.4 is 15.1 Å². The molecule has 0 radical (unpaired) electrons. The van der Waals surface area contributed by atoms with Crippen LogP contribution in [0.1, 0.15) is 0 Å². The molecule has 1 N–H and O–H groups in total. The van der Waals surface area contributed by atoms with Gasteiger partial charge in [-0.05, 0) is 18.2 Å². The second-order valence-electron chi connectivity index (χ2n) is 5.90. The summed E-state index contributed by atoms with van der Waals surface area (Å²) in [5, 5.41) is 2.85. The molecule has 0 aromatic heterocycles. The van der Waals surface area contributed by atoms with E-state index in [0.717, 1.165) is 0 Å². The van der Waals surface area contributed by atoms with E-state index >= 15 is 0 Å². The first kappa shape index (κ1) is 19.4. The fourth-order valence-corrected chi connectivity index (χ4v) is 3.09. The Morgan fingerprint density at radius 3 is 2.77 bits per heavy atom. The van der Waals surface area contributed by atoms with Gasteiger partial charge in [0, 0.05) is 13.1 Å². The number of morpholine rings is 1. The summed E-state index contributed by atoms with van der Waals surface area (Å²) in [5.74, 6) is -0.382. The molecule has 26 heavy (non-hydrogen) atoms. The van der Waals surface area contributed by atoms with Gasteiger partial charge in [0.2, 0.25) is 0 Å². The van der Waals surface area contributed by atoms with Crippen molar-refractivity contribution < 1.29 is 18.7 Å². The molecular weight excluding hydrogens is 404 g/mol. The molecule has 2 aliphatic rings. The average molecular weight is 422 g/mol. The lowest BCUT2D eigenvalue weighted by molar-refractivity contribution is 0.122. The van der Waals surface area contributed by atoms with Crippen molar-refractivity contribution in [2.24, 2.45) is 0 Å². The second kappa shape index (κ2) is 8.56. The number of ether oxygens (including phenoxy) is 2. The van der Waals surface area contributed by atoms with Gasteiger partial charge in [-0.1, -0.05) is 35.4 Å². The molecule has 0 spiro atoms. The van der Waals surface area contributed by atoms with Gasteiger partial charge in [-0.15, -0.1) is 0 Å². The number of hydrogen-bond acceptors (Lipinski definition) is 5. The molecule has 2 heterocycles. The number of thiocarbonyl (C=S) groups is 1. The Hall–Kier alpha value is -1.35. The van der Waals surface area contributed by atoms with E-state index in [0.29, 0.717) is 37.7 Å². The van der Waals surface area contributed by atoms with Gasteiger partial charge in [-0.3, -0.25) is 4.90 Å². The Morgan fingerprint density at radius 2 is 2.12 bits per heavy atom. The third kappa shape index (κ3) is 4.49. The van der Waals surface area contributed by atoms with Crippen LogP contribution >= 0.6 is 35.4 Å². The Labute approximate surface area is 166 Å². The molecule has 2 saturated heterocycles. The fourth-order valence-electron chi connectivity index (χ4n) is 2.85. The van der Waals surface area contributed by atoms with Crippen LogP contribution in [0.3, 0.4) is 0 Å². The summed E-state index contributed by atoms with van der Waals surface area (Å²) >= 11 is 16.3. The molecule has 0 bridgehead atoms. The summed E-state index contributed by atoms with van der Waals surface area (Å²) in [5.41, 5.74) is 0.950. The van der Waals surface area contributed by atoms with Crippen molar-refractivity contribution in [3.8, 4) is 0 Å². The molecular formula is C16H18Cl2FN3O3S. The Balaban J connectivity index is 1.64. The molecule has 1 aromatic carbocycles. The van der Waals surface area contributed by atoms with Crippen LogP contribution in [0.5, 0.6) is 0 Å². The van der Waals surface area contributed by atoms with Crippen LogP contribution in [0.15, 0.2) is 18.2 Å². The maximum Gasteiger partial charge on any atom is 0.414 e. The van der Waals surface area contributed by atoms with Crippen LogP contribution in [0.4, 0.5) is 20.6 Å². The van der Waals surface area contributed by atoms with Crippen LogP contribution in [0.25, 0.3) is 0 Å². The maximum atomic E-state index is 14.5. The van der Waals surface area contributed by atoms with Crippen LogP contribution in [0, 0.1) is 5.82 Å². The van der Waals surface area contributed by atoms with Gasteiger partial charge < -0.3 is 19.7 Å². The van der Waals surface area contributed by atoms with Crippen LogP contribution in [-0.2, 0) is 9.47 Å². The zero-order chi connectivity index (χ0) is 18.7. The number of nitrogens with one attached hydrogen (secondary N) is 1. The molecule has 2 fully saturated rings. The van der Waals surface area contributed by atoms with Gasteiger partial charge in [0.1, 0.15) is 16.9 Å². The first-order valence-electron chi connectivity index (χ1n) is 8.12. The van der Waals surface area contributed by atoms with Crippen molar-refractivity contribution in [1.29, 1.82) is 0 Å². The molecule has 3 rings (SSSR count). The number of nitrogens with zero attached hydrogens (tertiary/aromatic N) is 2. The van der Waals surface area contributed by atoms with E-state index in [2.05, 4.69) is 5.32 Å². The van der Waals surface area contributed by atoms with Crippen LogP contribution in [-0.4, -0.2) is 61.4 Å². The summed E-state index contributed by atoms with van der Waals surface area (Å²) in [6.45, 7) is 2.98. The normalized spacial score (nSPS) is 20.5. The zero-order valence-corrected chi connectivity index (χ0v) is 16.1. The molecule has 1 atom stereocenters. The van der Waals surface area contributed by atoms with Crippen molar-refractivity contribution in [3.05, 3.63) is 24.0 Å². The Bertz CT molecular complexity index is 689. The number of hydrogen-bond donors (Lipinski definition) is 1. The maximum absolute atomic E-state index is 14.5. The molecule has 0 saturated carbocycles. The third-order valence-corrected chi connectivity index (χ3v) is 5.25. The van der Waals surface area contributed by atoms with Gasteiger partial charge in [-0.25, -0.2) is 9.18 Å². The molecule has 142 valence electrons. The number of anilines is 2. The van der Waals surface area contributed by atoms with Gasteiger partial charge in [-0.2, -0.15) is 0 Å². The largest absolute Gasteiger partial charge is 0.442 e. The number of rotatable bonds is 5. The molecule has 2 aliphatic heterocycles. The van der Waals surface area contributed by atoms with Gasteiger partial charge in [0.25, 0.3) is 0 Å². The van der Waals surface area contributed by atoms with E-state index in [1.807, 2.05) is 4.90 Å². The van der Waals surface area contributed by atoms with Crippen molar-refractivity contribution >= 4 is 57.9 Å². The monoisotopic (exact) mass is 421 g/mol. The highest BCUT2D eigenvalue weighted by molar-refractivity contribution is 7.80. The predicted octanol–water partition coefficient (Wildman–Crippen LogP) is 2.71. The average Bonchev–Trinajstić information content (AvgIpc) is 3.01. The SMILES string of the molecule is O=C1O[C@@H](CNC(=S)C(Cl)Cl)CN1c1ccc(N2CCOCC2)c(F)c1. The molecule has 1 aromatic rings. The predicted molar refractivity (Wildman–Crippen MR) is 103 cm³/mol. The first-order chi connectivity index (χ1) is 12.5. The molecule has 10 heteroatoms. The van der Waals surface area contributed by atoms with E-state index < -0.39 is 17.0 Å². The summed E-state index contributed by atoms with van der Waals surface area (Å²) in [7, 11) is 0. The van der Waals surface area contributed by atoms with Gasteiger partial charge in [0.05, 0.1) is 37.7 Å². The third-order valence-electron chi connectivity index (χ3n) is 4.17. The summed E-state index contributed by atoms with van der Waals surface area (Å²) in [6, 6.07) is 4.73. The minimum atomic E-state index is -0.819. The van der Waals surface area contributed by atoms with Crippen molar-refractivity contribution in [2.75, 3.05) is 49.2 Å². The lowest BCUT2D eigenvalue weighted by Crippen LogP contribution is -2.37. The number of amides is 1. The van der Waals surface area contributed by atoms with Gasteiger partial charge in [0.15, 0.2) is 4.84 Å². The Morgan fingerprint density at radius 1 is 1.38 bits per heavy atom. The van der Waals surface area contributed by atoms with Crippen molar-refractivity contribution in [1.82, 2.24) is 5.32 Å². The smallest absolute Gasteiger partial charge is 0.414 e. The number of cyclic esters (lactones) is 1. The number of alkyl halides is 2. The molecule has 6 nitrogen and oxygen atoms in total. The highest BCUT2D eigenvalue weighted by Crippen LogP contribution is 2.28. The lowest BCUT2D eigenvalue weighted by atomic mass is 10.2. The summed E-state index contributed by atoms with van der Waals surface area (Å²) in [6.07, 6.45) is -0.968. The lowest BCUT2D eigenvalue weighted by Gasteiger charge is -2.29. The number of halogens is 3. The molecule has 0 aliphatic carbocycles. The number of benzene rings is 1. The van der Waals surface area contributed by atoms with Crippen molar-refractivity contribution in [2.45, 2.75) is 10.9 Å². The summed E-state index contributed by atoms with van der Waals surface area (Å²) in [4.78, 5) is 14.9. The van der Waals surface area contributed by atoms with Crippen LogP contribution in [0.2, 0.25) is 0 Å². The van der Waals surface area contributed by atoms with E-state index in [1.54, 1.807) is 12.1 Å². The fraction of sp³-hybridized carbons (Fsp3) is 0.500. The minimum Gasteiger partial charge on any atom is -0.442 e. The van der Waals surface area contributed by atoms with E-state index in [1.165, 1.54) is 11.0 Å². The molecule has 1 amide bonds. The minimum absolute atomic E-state index is 0.267. The summed E-state index contributed by atoms with van der Waals surface area (Å²) < 4.78 is 25.1. The highest BCUT2D eigenvalue weighted by Gasteiger charge is 2.33. The van der Waals surface area contributed by atoms with E-state index in [4.69, 9.17) is 44.9 Å². The number of carbonyl (C=O) groups excluding carboxylic acids is 1.